The molecule has 20 heavy (non-hydrogen) atoms. The van der Waals surface area contributed by atoms with Crippen molar-refractivity contribution in [3.63, 3.8) is 0 Å². The van der Waals surface area contributed by atoms with Crippen LogP contribution in [0.3, 0.4) is 0 Å². The first-order chi connectivity index (χ1) is 9.79. The fourth-order valence-corrected chi connectivity index (χ4v) is 3.05. The van der Waals surface area contributed by atoms with Crippen LogP contribution in [0.5, 0.6) is 0 Å². The lowest BCUT2D eigenvalue weighted by molar-refractivity contribution is 0.0375. The Morgan fingerprint density at radius 2 is 2.15 bits per heavy atom. The zero-order chi connectivity index (χ0) is 14.2. The molecule has 0 spiro atoms. The maximum Gasteiger partial charge on any atom is 0.0499 e. The zero-order valence-electron chi connectivity index (χ0n) is 12.4. The van der Waals surface area contributed by atoms with Crippen molar-refractivity contribution in [2.24, 2.45) is 11.8 Å². The second kappa shape index (κ2) is 8.49. The number of benzene rings is 1. The minimum atomic E-state index is 0.674. The summed E-state index contributed by atoms with van der Waals surface area (Å²) in [6, 6.07) is 8.13. The van der Waals surface area contributed by atoms with Crippen molar-refractivity contribution in [3.8, 4) is 0 Å². The molecule has 1 nitrogen and oxygen atoms in total. The molecule has 2 rings (SSSR count). The Morgan fingerprint density at radius 3 is 2.80 bits per heavy atom. The van der Waals surface area contributed by atoms with Gasteiger partial charge in [-0.2, -0.15) is 0 Å². The van der Waals surface area contributed by atoms with Gasteiger partial charge in [-0.1, -0.05) is 49.2 Å². The van der Waals surface area contributed by atoms with E-state index in [9.17, 15) is 0 Å². The highest BCUT2D eigenvalue weighted by Gasteiger charge is 2.21. The summed E-state index contributed by atoms with van der Waals surface area (Å²) < 4.78 is 5.64. The molecule has 1 fully saturated rings. The van der Waals surface area contributed by atoms with Crippen molar-refractivity contribution in [1.82, 2.24) is 0 Å². The summed E-state index contributed by atoms with van der Waals surface area (Å²) >= 11 is 5.91. The van der Waals surface area contributed by atoms with Crippen molar-refractivity contribution < 1.29 is 4.74 Å². The Kier molecular flexibility index (Phi) is 6.62. The lowest BCUT2D eigenvalue weighted by Crippen LogP contribution is -2.24. The van der Waals surface area contributed by atoms with Gasteiger partial charge in [-0.15, -0.1) is 0 Å². The van der Waals surface area contributed by atoms with Gasteiger partial charge in [0.15, 0.2) is 0 Å². The fourth-order valence-electron chi connectivity index (χ4n) is 2.93. The Balaban J connectivity index is 1.89. The van der Waals surface area contributed by atoms with Gasteiger partial charge >= 0.3 is 0 Å². The largest absolute Gasteiger partial charge is 0.381 e. The van der Waals surface area contributed by atoms with E-state index in [4.69, 9.17) is 16.3 Å². The highest BCUT2D eigenvalue weighted by Crippen LogP contribution is 2.27. The average Bonchev–Trinajstić information content (AvgIpc) is 2.49. The predicted molar refractivity (Wildman–Crippen MR) is 86.2 cm³/mol. The molecule has 2 heteroatoms. The molecule has 1 saturated heterocycles. The molecule has 2 atom stereocenters. The van der Waals surface area contributed by atoms with E-state index < -0.39 is 0 Å². The molecule has 1 aromatic carbocycles. The summed E-state index contributed by atoms with van der Waals surface area (Å²) in [5.74, 6) is 1.39. The van der Waals surface area contributed by atoms with Crippen LogP contribution in [-0.4, -0.2) is 13.2 Å². The third-order valence-electron chi connectivity index (χ3n) is 4.07. The first-order valence-electron chi connectivity index (χ1n) is 7.78. The second-order valence-corrected chi connectivity index (χ2v) is 6.12. The minimum Gasteiger partial charge on any atom is -0.381 e. The summed E-state index contributed by atoms with van der Waals surface area (Å²) in [5.41, 5.74) is 1.32. The lowest BCUT2D eigenvalue weighted by atomic mass is 9.84. The van der Waals surface area contributed by atoms with Crippen LogP contribution in [0, 0.1) is 11.8 Å². The number of hydrogen-bond donors (Lipinski definition) is 0. The van der Waals surface area contributed by atoms with E-state index in [1.165, 1.54) is 31.2 Å². The van der Waals surface area contributed by atoms with Crippen molar-refractivity contribution in [2.75, 3.05) is 13.2 Å². The second-order valence-electron chi connectivity index (χ2n) is 5.69. The molecule has 2 unspecified atom stereocenters. The van der Waals surface area contributed by atoms with Gasteiger partial charge in [-0.3, -0.25) is 0 Å². The minimum absolute atomic E-state index is 0.674. The lowest BCUT2D eigenvalue weighted by Gasteiger charge is -2.28. The van der Waals surface area contributed by atoms with Gasteiger partial charge in [0, 0.05) is 18.2 Å². The van der Waals surface area contributed by atoms with Crippen molar-refractivity contribution in [2.45, 2.75) is 39.0 Å². The quantitative estimate of drug-likeness (QED) is 0.648. The molecule has 0 amide bonds. The Hall–Kier alpha value is -0.790. The first kappa shape index (κ1) is 15.6. The number of ether oxygens (including phenoxy) is 1. The van der Waals surface area contributed by atoms with Crippen molar-refractivity contribution in [3.05, 3.63) is 47.0 Å². The van der Waals surface area contributed by atoms with Gasteiger partial charge in [0.2, 0.25) is 0 Å². The van der Waals surface area contributed by atoms with Crippen LogP contribution in [0.15, 0.2) is 36.4 Å². The Bertz CT molecular complexity index is 404. The van der Waals surface area contributed by atoms with E-state index in [1.807, 2.05) is 12.1 Å². The summed E-state index contributed by atoms with van der Waals surface area (Å²) in [4.78, 5) is 0. The molecule has 1 aromatic rings. The number of halogens is 1. The molecule has 1 heterocycles. The van der Waals surface area contributed by atoms with Crippen LogP contribution in [-0.2, 0) is 11.2 Å². The van der Waals surface area contributed by atoms with Crippen LogP contribution < -0.4 is 0 Å². The van der Waals surface area contributed by atoms with Gasteiger partial charge in [-0.25, -0.2) is 0 Å². The van der Waals surface area contributed by atoms with Crippen LogP contribution in [0.4, 0.5) is 0 Å². The van der Waals surface area contributed by atoms with Gasteiger partial charge in [0.1, 0.15) is 0 Å². The molecule has 0 saturated carbocycles. The summed E-state index contributed by atoms with van der Waals surface area (Å²) in [7, 11) is 0. The monoisotopic (exact) mass is 292 g/mol. The van der Waals surface area contributed by atoms with Gasteiger partial charge in [0.05, 0.1) is 0 Å². The summed E-state index contributed by atoms with van der Waals surface area (Å²) in [6.07, 6.45) is 10.8. The predicted octanol–water partition coefficient (Wildman–Crippen LogP) is 5.28. The molecule has 1 aliphatic heterocycles. The van der Waals surface area contributed by atoms with Crippen LogP contribution in [0.2, 0.25) is 5.02 Å². The smallest absolute Gasteiger partial charge is 0.0499 e. The van der Waals surface area contributed by atoms with E-state index in [1.54, 1.807) is 0 Å². The molecule has 0 N–H and O–H groups in total. The first-order valence-corrected chi connectivity index (χ1v) is 8.16. The fraction of sp³-hybridized carbons (Fsp3) is 0.556. The maximum atomic E-state index is 5.91. The number of hydrogen-bond acceptors (Lipinski definition) is 1. The molecular weight excluding hydrogens is 268 g/mol. The molecule has 110 valence electrons. The van der Waals surface area contributed by atoms with Crippen LogP contribution in [0.25, 0.3) is 0 Å². The third-order valence-corrected chi connectivity index (χ3v) is 4.33. The van der Waals surface area contributed by atoms with E-state index in [2.05, 4.69) is 31.2 Å². The SMILES string of the molecule is CCCC(C=CCc1ccc(Cl)cc1)C1CCCOC1. The number of rotatable bonds is 6. The molecule has 0 bridgehead atoms. The number of allylic oxidation sites excluding steroid dienone is 2. The molecule has 1 aliphatic rings. The van der Waals surface area contributed by atoms with Crippen molar-refractivity contribution in [1.29, 1.82) is 0 Å². The zero-order valence-corrected chi connectivity index (χ0v) is 13.1. The van der Waals surface area contributed by atoms with E-state index in [-0.39, 0.29) is 0 Å². The standard InChI is InChI=1S/C18H25ClO/c1-2-5-16(17-8-4-13-20-14-17)7-3-6-15-9-11-18(19)12-10-15/h3,7,9-12,16-17H,2,4-6,8,13-14H2,1H3. The van der Waals surface area contributed by atoms with E-state index in [0.717, 1.165) is 24.7 Å². The van der Waals surface area contributed by atoms with E-state index in [0.29, 0.717) is 11.8 Å². The van der Waals surface area contributed by atoms with Crippen LogP contribution >= 0.6 is 11.6 Å². The highest BCUT2D eigenvalue weighted by atomic mass is 35.5. The highest BCUT2D eigenvalue weighted by molar-refractivity contribution is 6.30. The van der Waals surface area contributed by atoms with E-state index >= 15 is 0 Å². The molecule has 0 radical (unpaired) electrons. The van der Waals surface area contributed by atoms with Crippen LogP contribution in [0.1, 0.15) is 38.2 Å². The van der Waals surface area contributed by atoms with Gasteiger partial charge in [0.25, 0.3) is 0 Å². The topological polar surface area (TPSA) is 9.23 Å². The molecule has 0 aromatic heterocycles. The Morgan fingerprint density at radius 1 is 1.35 bits per heavy atom. The van der Waals surface area contributed by atoms with Gasteiger partial charge < -0.3 is 4.74 Å². The molecular formula is C18H25ClO. The normalized spacial score (nSPS) is 21.2. The summed E-state index contributed by atoms with van der Waals surface area (Å²) in [5, 5.41) is 0.806. The average molecular weight is 293 g/mol. The molecule has 0 aliphatic carbocycles. The Labute approximate surface area is 128 Å². The van der Waals surface area contributed by atoms with Gasteiger partial charge in [-0.05, 0) is 55.2 Å². The summed E-state index contributed by atoms with van der Waals surface area (Å²) in [6.45, 7) is 4.16. The maximum absolute atomic E-state index is 5.91. The third kappa shape index (κ3) is 4.96. The van der Waals surface area contributed by atoms with Crippen molar-refractivity contribution >= 4 is 11.6 Å².